The van der Waals surface area contributed by atoms with E-state index in [4.69, 9.17) is 9.15 Å². The highest BCUT2D eigenvalue weighted by molar-refractivity contribution is 5.88. The van der Waals surface area contributed by atoms with Crippen LogP contribution in [0.25, 0.3) is 28.4 Å². The van der Waals surface area contributed by atoms with Gasteiger partial charge in [0.15, 0.2) is 5.76 Å². The van der Waals surface area contributed by atoms with Crippen LogP contribution in [0.1, 0.15) is 18.1 Å². The van der Waals surface area contributed by atoms with Gasteiger partial charge in [-0.3, -0.25) is 4.79 Å². The van der Waals surface area contributed by atoms with E-state index in [0.717, 1.165) is 16.7 Å². The lowest BCUT2D eigenvalue weighted by Gasteiger charge is -2.13. The van der Waals surface area contributed by atoms with E-state index < -0.39 is 0 Å². The molecule has 3 heteroatoms. The van der Waals surface area contributed by atoms with Gasteiger partial charge >= 0.3 is 0 Å². The normalized spacial score (nSPS) is 11.2. The van der Waals surface area contributed by atoms with Crippen LogP contribution in [-0.2, 0) is 6.61 Å². The summed E-state index contributed by atoms with van der Waals surface area (Å²) in [6.07, 6.45) is 3.86. The van der Waals surface area contributed by atoms with Gasteiger partial charge in [-0.1, -0.05) is 84.9 Å². The number of hydrogen-bond acceptors (Lipinski definition) is 3. The summed E-state index contributed by atoms with van der Waals surface area (Å²) in [6.45, 7) is 2.23. The Labute approximate surface area is 163 Å². The van der Waals surface area contributed by atoms with Crippen molar-refractivity contribution in [1.82, 2.24) is 0 Å². The van der Waals surface area contributed by atoms with E-state index in [-0.39, 0.29) is 11.2 Å². The first-order chi connectivity index (χ1) is 13.8. The number of allylic oxidation sites excluding steroid dienone is 1. The molecule has 1 aromatic heterocycles. The van der Waals surface area contributed by atoms with Crippen molar-refractivity contribution in [3.8, 4) is 17.1 Å². The summed E-state index contributed by atoms with van der Waals surface area (Å²) in [7, 11) is 0. The molecule has 0 atom stereocenters. The van der Waals surface area contributed by atoms with Crippen molar-refractivity contribution < 1.29 is 9.15 Å². The predicted molar refractivity (Wildman–Crippen MR) is 113 cm³/mol. The largest absolute Gasteiger partial charge is 0.481 e. The van der Waals surface area contributed by atoms with Gasteiger partial charge in [0.05, 0.1) is 5.39 Å². The Kier molecular flexibility index (Phi) is 5.07. The Morgan fingerprint density at radius 1 is 0.893 bits per heavy atom. The van der Waals surface area contributed by atoms with Crippen molar-refractivity contribution in [2.75, 3.05) is 0 Å². The van der Waals surface area contributed by atoms with E-state index in [0.29, 0.717) is 23.3 Å². The van der Waals surface area contributed by atoms with Crippen molar-refractivity contribution in [2.24, 2.45) is 0 Å². The summed E-state index contributed by atoms with van der Waals surface area (Å²) in [6, 6.07) is 24.9. The molecule has 0 amide bonds. The third-order valence-corrected chi connectivity index (χ3v) is 4.51. The zero-order chi connectivity index (χ0) is 19.3. The van der Waals surface area contributed by atoms with Crippen molar-refractivity contribution in [3.63, 3.8) is 0 Å². The SMILES string of the molecule is CC=Cc1cccc2c(=O)c(OCc3ccccc3)c(-c3ccccc3)oc12. The molecular formula is C25H20O3. The molecule has 4 rings (SSSR count). The molecule has 28 heavy (non-hydrogen) atoms. The van der Waals surface area contributed by atoms with Crippen LogP contribution in [0.2, 0.25) is 0 Å². The van der Waals surface area contributed by atoms with Gasteiger partial charge in [-0.2, -0.15) is 0 Å². The van der Waals surface area contributed by atoms with Gasteiger partial charge in [0, 0.05) is 11.1 Å². The van der Waals surface area contributed by atoms with Gasteiger partial charge in [-0.15, -0.1) is 0 Å². The van der Waals surface area contributed by atoms with Gasteiger partial charge in [-0.25, -0.2) is 0 Å². The maximum absolute atomic E-state index is 13.3. The first kappa shape index (κ1) is 17.8. The topological polar surface area (TPSA) is 39.4 Å². The summed E-state index contributed by atoms with van der Waals surface area (Å²) in [4.78, 5) is 13.3. The molecule has 0 saturated heterocycles. The van der Waals surface area contributed by atoms with Crippen LogP contribution >= 0.6 is 0 Å². The molecule has 138 valence electrons. The quantitative estimate of drug-likeness (QED) is 0.429. The highest BCUT2D eigenvalue weighted by Crippen LogP contribution is 2.32. The Hall–Kier alpha value is -3.59. The highest BCUT2D eigenvalue weighted by atomic mass is 16.5. The molecule has 0 aliphatic rings. The molecular weight excluding hydrogens is 348 g/mol. The molecule has 0 fully saturated rings. The maximum atomic E-state index is 13.3. The number of rotatable bonds is 5. The Bertz CT molecular complexity index is 1170. The van der Waals surface area contributed by atoms with E-state index in [9.17, 15) is 4.79 Å². The van der Waals surface area contributed by atoms with Gasteiger partial charge in [0.1, 0.15) is 12.2 Å². The summed E-state index contributed by atoms with van der Waals surface area (Å²) in [5.41, 5.74) is 3.06. The summed E-state index contributed by atoms with van der Waals surface area (Å²) in [5.74, 6) is 0.686. The molecule has 0 saturated carbocycles. The minimum Gasteiger partial charge on any atom is -0.481 e. The van der Waals surface area contributed by atoms with Crippen molar-refractivity contribution in [2.45, 2.75) is 13.5 Å². The second kappa shape index (κ2) is 7.97. The van der Waals surface area contributed by atoms with Crippen LogP contribution in [0.3, 0.4) is 0 Å². The third kappa shape index (κ3) is 3.47. The summed E-state index contributed by atoms with van der Waals surface area (Å²) < 4.78 is 12.2. The Morgan fingerprint density at radius 2 is 1.61 bits per heavy atom. The first-order valence-corrected chi connectivity index (χ1v) is 9.22. The van der Waals surface area contributed by atoms with Crippen LogP contribution in [0, 0.1) is 0 Å². The smallest absolute Gasteiger partial charge is 0.235 e. The fourth-order valence-electron chi connectivity index (χ4n) is 3.17. The summed E-state index contributed by atoms with van der Waals surface area (Å²) in [5, 5.41) is 0.512. The molecule has 0 bridgehead atoms. The van der Waals surface area contributed by atoms with E-state index in [2.05, 4.69) is 0 Å². The fourth-order valence-corrected chi connectivity index (χ4v) is 3.17. The van der Waals surface area contributed by atoms with Crippen molar-refractivity contribution in [1.29, 1.82) is 0 Å². The van der Waals surface area contributed by atoms with Crippen molar-refractivity contribution >= 4 is 17.0 Å². The monoisotopic (exact) mass is 368 g/mol. The van der Waals surface area contributed by atoms with E-state index in [1.54, 1.807) is 6.07 Å². The number of hydrogen-bond donors (Lipinski definition) is 0. The molecule has 0 aliphatic heterocycles. The predicted octanol–water partition coefficient (Wildman–Crippen LogP) is 6.07. The molecule has 0 aliphatic carbocycles. The molecule has 3 nitrogen and oxygen atoms in total. The molecule has 0 radical (unpaired) electrons. The maximum Gasteiger partial charge on any atom is 0.235 e. The lowest BCUT2D eigenvalue weighted by Crippen LogP contribution is -2.10. The van der Waals surface area contributed by atoms with Gasteiger partial charge in [0.25, 0.3) is 0 Å². The van der Waals surface area contributed by atoms with Crippen LogP contribution in [0.5, 0.6) is 5.75 Å². The minimum absolute atomic E-state index is 0.164. The molecule has 3 aromatic carbocycles. The number of ether oxygens (including phenoxy) is 1. The van der Waals surface area contributed by atoms with Crippen LogP contribution < -0.4 is 10.2 Å². The van der Waals surface area contributed by atoms with Crippen LogP contribution in [-0.4, -0.2) is 0 Å². The fraction of sp³-hybridized carbons (Fsp3) is 0.0800. The lowest BCUT2D eigenvalue weighted by atomic mass is 10.1. The molecule has 0 unspecified atom stereocenters. The van der Waals surface area contributed by atoms with E-state index in [1.165, 1.54) is 0 Å². The van der Waals surface area contributed by atoms with Gasteiger partial charge < -0.3 is 9.15 Å². The zero-order valence-electron chi connectivity index (χ0n) is 15.6. The average Bonchev–Trinajstić information content (AvgIpc) is 2.75. The van der Waals surface area contributed by atoms with Crippen molar-refractivity contribution in [3.05, 3.63) is 106 Å². The number of fused-ring (bicyclic) bond motifs is 1. The lowest BCUT2D eigenvalue weighted by molar-refractivity contribution is 0.298. The second-order valence-electron chi connectivity index (χ2n) is 6.45. The van der Waals surface area contributed by atoms with Crippen LogP contribution in [0.4, 0.5) is 0 Å². The standard InChI is InChI=1S/C25H20O3/c1-2-10-19-15-9-16-21-22(26)25(27-17-18-11-5-3-6-12-18)24(28-23(19)21)20-13-7-4-8-14-20/h2-16H,17H2,1H3. The highest BCUT2D eigenvalue weighted by Gasteiger charge is 2.19. The number of para-hydroxylation sites is 1. The second-order valence-corrected chi connectivity index (χ2v) is 6.45. The molecule has 0 N–H and O–H groups in total. The Balaban J connectivity index is 1.91. The Morgan fingerprint density at radius 3 is 2.32 bits per heavy atom. The average molecular weight is 368 g/mol. The molecule has 4 aromatic rings. The zero-order valence-corrected chi connectivity index (χ0v) is 15.6. The first-order valence-electron chi connectivity index (χ1n) is 9.22. The van der Waals surface area contributed by atoms with Crippen LogP contribution in [0.15, 0.2) is 94.2 Å². The van der Waals surface area contributed by atoms with E-state index >= 15 is 0 Å². The minimum atomic E-state index is -0.164. The molecule has 1 heterocycles. The summed E-state index contributed by atoms with van der Waals surface area (Å²) >= 11 is 0. The van der Waals surface area contributed by atoms with Gasteiger partial charge in [0.2, 0.25) is 11.2 Å². The third-order valence-electron chi connectivity index (χ3n) is 4.51. The number of benzene rings is 3. The molecule has 0 spiro atoms. The van der Waals surface area contributed by atoms with E-state index in [1.807, 2.05) is 91.9 Å². The van der Waals surface area contributed by atoms with Gasteiger partial charge in [-0.05, 0) is 18.6 Å².